The van der Waals surface area contributed by atoms with Gasteiger partial charge in [0.05, 0.1) is 14.6 Å². The van der Waals surface area contributed by atoms with Crippen molar-refractivity contribution in [2.24, 2.45) is 0 Å². The Labute approximate surface area is 166 Å². The molecule has 5 nitrogen and oxygen atoms in total. The molecule has 27 heavy (non-hydrogen) atoms. The number of aryl methyl sites for hydroxylation is 2. The molecule has 0 spiro atoms. The molecule has 0 amide bonds. The fourth-order valence-electron chi connectivity index (χ4n) is 2.64. The summed E-state index contributed by atoms with van der Waals surface area (Å²) in [6.07, 6.45) is 0. The molecule has 0 bridgehead atoms. The molecule has 0 aliphatic carbocycles. The van der Waals surface area contributed by atoms with Crippen molar-refractivity contribution in [2.75, 3.05) is 4.83 Å². The number of benzene rings is 1. The molecule has 0 fully saturated rings. The SMILES string of the molecule is Cc1csc(-c2cc(-c3cc(C)cs3)n(NS(=O)(=O)c3ccccc3)n2)c1. The second kappa shape index (κ2) is 6.95. The van der Waals surface area contributed by atoms with E-state index in [0.29, 0.717) is 5.69 Å². The molecule has 0 saturated heterocycles. The Bertz CT molecular complexity index is 1190. The number of nitrogens with one attached hydrogen (secondary N) is 1. The minimum Gasteiger partial charge on any atom is -0.200 e. The summed E-state index contributed by atoms with van der Waals surface area (Å²) >= 11 is 3.15. The number of aromatic nitrogens is 2. The summed E-state index contributed by atoms with van der Waals surface area (Å²) in [6, 6.07) is 14.3. The van der Waals surface area contributed by atoms with E-state index < -0.39 is 10.0 Å². The van der Waals surface area contributed by atoms with Gasteiger partial charge in [0.1, 0.15) is 11.4 Å². The van der Waals surface area contributed by atoms with Crippen LogP contribution >= 0.6 is 22.7 Å². The summed E-state index contributed by atoms with van der Waals surface area (Å²) in [6.45, 7) is 4.04. The van der Waals surface area contributed by atoms with Crippen molar-refractivity contribution in [1.82, 2.24) is 9.89 Å². The molecule has 0 atom stereocenters. The first kappa shape index (κ1) is 18.0. The molecule has 4 rings (SSSR count). The lowest BCUT2D eigenvalue weighted by molar-refractivity contribution is 0.592. The summed E-state index contributed by atoms with van der Waals surface area (Å²) in [4.78, 5) is 6.11. The molecule has 4 aromatic rings. The van der Waals surface area contributed by atoms with Crippen LogP contribution in [-0.4, -0.2) is 18.3 Å². The predicted molar refractivity (Wildman–Crippen MR) is 111 cm³/mol. The van der Waals surface area contributed by atoms with Crippen LogP contribution in [-0.2, 0) is 10.0 Å². The van der Waals surface area contributed by atoms with Gasteiger partial charge in [-0.3, -0.25) is 0 Å². The van der Waals surface area contributed by atoms with E-state index in [4.69, 9.17) is 0 Å². The maximum Gasteiger partial charge on any atom is 0.276 e. The van der Waals surface area contributed by atoms with Crippen LogP contribution in [0.15, 0.2) is 64.2 Å². The molecular weight excluding hydrogens is 398 g/mol. The minimum absolute atomic E-state index is 0.197. The highest BCUT2D eigenvalue weighted by molar-refractivity contribution is 7.92. The lowest BCUT2D eigenvalue weighted by Gasteiger charge is -2.10. The third-order valence-corrected chi connectivity index (χ3v) is 7.38. The van der Waals surface area contributed by atoms with E-state index in [2.05, 4.69) is 15.3 Å². The van der Waals surface area contributed by atoms with Gasteiger partial charge in [0.15, 0.2) is 0 Å². The van der Waals surface area contributed by atoms with E-state index in [1.807, 2.05) is 37.4 Å². The van der Waals surface area contributed by atoms with Gasteiger partial charge in [0, 0.05) is 0 Å². The summed E-state index contributed by atoms with van der Waals surface area (Å²) in [5, 5.41) is 8.62. The maximum atomic E-state index is 12.8. The largest absolute Gasteiger partial charge is 0.276 e. The van der Waals surface area contributed by atoms with E-state index in [1.165, 1.54) is 4.79 Å². The smallest absolute Gasteiger partial charge is 0.200 e. The summed E-state index contributed by atoms with van der Waals surface area (Å²) < 4.78 is 25.5. The van der Waals surface area contributed by atoms with E-state index in [0.717, 1.165) is 26.6 Å². The van der Waals surface area contributed by atoms with Crippen LogP contribution in [0.3, 0.4) is 0 Å². The lowest BCUT2D eigenvalue weighted by Crippen LogP contribution is -2.24. The topological polar surface area (TPSA) is 64.0 Å². The van der Waals surface area contributed by atoms with Gasteiger partial charge >= 0.3 is 0 Å². The molecule has 0 unspecified atom stereocenters. The van der Waals surface area contributed by atoms with Gasteiger partial charge in [-0.15, -0.1) is 22.7 Å². The van der Waals surface area contributed by atoms with Crippen molar-refractivity contribution < 1.29 is 8.42 Å². The first-order valence-electron chi connectivity index (χ1n) is 8.21. The average molecular weight is 416 g/mol. The fourth-order valence-corrected chi connectivity index (χ4v) is 5.39. The number of hydrogen-bond donors (Lipinski definition) is 1. The van der Waals surface area contributed by atoms with Crippen LogP contribution in [0.1, 0.15) is 11.1 Å². The molecule has 3 heterocycles. The Morgan fingerprint density at radius 1 is 0.926 bits per heavy atom. The molecule has 1 N–H and O–H groups in total. The quantitative estimate of drug-likeness (QED) is 0.505. The summed E-state index contributed by atoms with van der Waals surface area (Å²) in [5.74, 6) is 0. The molecule has 8 heteroatoms. The monoisotopic (exact) mass is 415 g/mol. The van der Waals surface area contributed by atoms with E-state index >= 15 is 0 Å². The first-order valence-corrected chi connectivity index (χ1v) is 11.5. The third-order valence-electron chi connectivity index (χ3n) is 3.94. The second-order valence-corrected chi connectivity index (χ2v) is 9.69. The van der Waals surface area contributed by atoms with E-state index in [-0.39, 0.29) is 4.90 Å². The summed E-state index contributed by atoms with van der Waals surface area (Å²) in [7, 11) is -3.74. The highest BCUT2D eigenvalue weighted by atomic mass is 32.2. The van der Waals surface area contributed by atoms with Gasteiger partial charge < -0.3 is 0 Å². The number of sulfonamides is 1. The van der Waals surface area contributed by atoms with Gasteiger partial charge in [-0.05, 0) is 66.1 Å². The average Bonchev–Trinajstić information content (AvgIpc) is 3.35. The molecule has 1 aromatic carbocycles. The van der Waals surface area contributed by atoms with Crippen molar-refractivity contribution in [3.63, 3.8) is 0 Å². The van der Waals surface area contributed by atoms with Crippen molar-refractivity contribution >= 4 is 32.7 Å². The Kier molecular flexibility index (Phi) is 4.63. The molecule has 0 saturated carbocycles. The van der Waals surface area contributed by atoms with Crippen LogP contribution in [0.5, 0.6) is 0 Å². The van der Waals surface area contributed by atoms with E-state index in [1.54, 1.807) is 53.0 Å². The number of hydrogen-bond acceptors (Lipinski definition) is 5. The normalized spacial score (nSPS) is 11.6. The van der Waals surface area contributed by atoms with Crippen molar-refractivity contribution in [3.8, 4) is 21.1 Å². The number of rotatable bonds is 5. The number of thiophene rings is 2. The van der Waals surface area contributed by atoms with Crippen LogP contribution in [0.25, 0.3) is 21.1 Å². The zero-order chi connectivity index (χ0) is 19.0. The first-order chi connectivity index (χ1) is 12.9. The van der Waals surface area contributed by atoms with Crippen LogP contribution < -0.4 is 4.83 Å². The molecule has 0 radical (unpaired) electrons. The van der Waals surface area contributed by atoms with Gasteiger partial charge in [0.2, 0.25) is 0 Å². The van der Waals surface area contributed by atoms with Crippen LogP contribution in [0.4, 0.5) is 0 Å². The Morgan fingerprint density at radius 3 is 2.15 bits per heavy atom. The zero-order valence-corrected chi connectivity index (χ0v) is 17.2. The predicted octanol–water partition coefficient (Wildman–Crippen LogP) is 4.89. The highest BCUT2D eigenvalue weighted by Gasteiger charge is 2.20. The maximum absolute atomic E-state index is 12.8. The van der Waals surface area contributed by atoms with E-state index in [9.17, 15) is 8.42 Å². The van der Waals surface area contributed by atoms with Crippen LogP contribution in [0.2, 0.25) is 0 Å². The molecular formula is C19H17N3O2S3. The molecule has 0 aliphatic heterocycles. The number of nitrogens with zero attached hydrogens (tertiary/aromatic N) is 2. The third kappa shape index (κ3) is 3.69. The lowest BCUT2D eigenvalue weighted by atomic mass is 10.2. The standard InChI is InChI=1S/C19H17N3O2S3/c1-13-8-18(25-11-13)16-10-17(19-9-14(2)12-26-19)22(20-16)21-27(23,24)15-6-4-3-5-7-15/h3-12,21H,1-2H3. The molecule has 138 valence electrons. The molecule has 3 aromatic heterocycles. The Balaban J connectivity index is 1.80. The fraction of sp³-hybridized carbons (Fsp3) is 0.105. The summed E-state index contributed by atoms with van der Waals surface area (Å²) in [5.41, 5.74) is 3.74. The minimum atomic E-state index is -3.74. The molecule has 0 aliphatic rings. The van der Waals surface area contributed by atoms with Crippen LogP contribution in [0, 0.1) is 13.8 Å². The van der Waals surface area contributed by atoms with Crippen molar-refractivity contribution in [3.05, 3.63) is 70.4 Å². The Morgan fingerprint density at radius 2 is 1.56 bits per heavy atom. The van der Waals surface area contributed by atoms with Gasteiger partial charge in [0.25, 0.3) is 10.0 Å². The van der Waals surface area contributed by atoms with Gasteiger partial charge in [-0.2, -0.15) is 23.1 Å². The van der Waals surface area contributed by atoms with Crippen molar-refractivity contribution in [1.29, 1.82) is 0 Å². The van der Waals surface area contributed by atoms with Gasteiger partial charge in [-0.1, -0.05) is 18.2 Å². The Hall–Kier alpha value is -2.42. The zero-order valence-electron chi connectivity index (χ0n) is 14.7. The van der Waals surface area contributed by atoms with Gasteiger partial charge in [-0.25, -0.2) is 0 Å². The highest BCUT2D eigenvalue weighted by Crippen LogP contribution is 2.33. The second-order valence-electron chi connectivity index (χ2n) is 6.21. The van der Waals surface area contributed by atoms with Crippen molar-refractivity contribution in [2.45, 2.75) is 18.7 Å².